The fraction of sp³-hybridized carbons (Fsp3) is 0.0816. The molecule has 0 spiro atoms. The molecule has 242 valence electrons. The van der Waals surface area contributed by atoms with E-state index < -0.39 is 0 Å². The van der Waals surface area contributed by atoms with E-state index in [4.69, 9.17) is 4.98 Å². The molecule has 8 aromatic rings. The van der Waals surface area contributed by atoms with Crippen LogP contribution in [0.3, 0.4) is 0 Å². The zero-order valence-electron chi connectivity index (χ0n) is 28.4. The van der Waals surface area contributed by atoms with Crippen LogP contribution in [0.4, 0.5) is 0 Å². The van der Waals surface area contributed by atoms with Gasteiger partial charge in [-0.3, -0.25) is 4.57 Å². The first-order chi connectivity index (χ1) is 25.3. The second-order valence-electron chi connectivity index (χ2n) is 13.7. The fourth-order valence-electron chi connectivity index (χ4n) is 8.24. The van der Waals surface area contributed by atoms with Gasteiger partial charge in [-0.1, -0.05) is 140 Å². The van der Waals surface area contributed by atoms with Gasteiger partial charge < -0.3 is 0 Å². The molecule has 1 heterocycles. The summed E-state index contributed by atoms with van der Waals surface area (Å²) in [5, 5.41) is 7.58. The first kappa shape index (κ1) is 29.6. The molecule has 0 fully saturated rings. The van der Waals surface area contributed by atoms with Crippen LogP contribution >= 0.6 is 0 Å². The van der Waals surface area contributed by atoms with Crippen molar-refractivity contribution in [2.24, 2.45) is 0 Å². The van der Waals surface area contributed by atoms with Crippen molar-refractivity contribution < 1.29 is 0 Å². The number of allylic oxidation sites excluding steroid dienone is 5. The third kappa shape index (κ3) is 5.06. The van der Waals surface area contributed by atoms with Gasteiger partial charge >= 0.3 is 0 Å². The predicted octanol–water partition coefficient (Wildman–Crippen LogP) is 13.0. The maximum absolute atomic E-state index is 5.14. The van der Waals surface area contributed by atoms with E-state index in [1.165, 1.54) is 77.0 Å². The quantitative estimate of drug-likeness (QED) is 0.169. The van der Waals surface area contributed by atoms with Crippen molar-refractivity contribution in [1.29, 1.82) is 0 Å². The largest absolute Gasteiger partial charge is 0.296 e. The molecule has 1 aromatic heterocycles. The van der Waals surface area contributed by atoms with Crippen molar-refractivity contribution in [3.8, 4) is 39.1 Å². The maximum Gasteiger partial charge on any atom is 0.145 e. The fourth-order valence-corrected chi connectivity index (χ4v) is 8.24. The summed E-state index contributed by atoms with van der Waals surface area (Å²) in [6.45, 7) is 0. The van der Waals surface area contributed by atoms with Crippen molar-refractivity contribution >= 4 is 44.0 Å². The van der Waals surface area contributed by atoms with E-state index in [1.54, 1.807) is 0 Å². The van der Waals surface area contributed by atoms with E-state index in [-0.39, 0.29) is 0 Å². The van der Waals surface area contributed by atoms with Crippen molar-refractivity contribution in [3.05, 3.63) is 181 Å². The molecular weight excluding hydrogens is 617 g/mol. The normalized spacial score (nSPS) is 13.9. The van der Waals surface area contributed by atoms with Gasteiger partial charge in [-0.05, 0) is 122 Å². The molecule has 0 N–H and O–H groups in total. The van der Waals surface area contributed by atoms with Crippen molar-refractivity contribution in [1.82, 2.24) is 9.55 Å². The number of fused-ring (bicyclic) bond motifs is 4. The zero-order valence-corrected chi connectivity index (χ0v) is 28.4. The van der Waals surface area contributed by atoms with Crippen LogP contribution in [0.25, 0.3) is 83.0 Å². The van der Waals surface area contributed by atoms with Crippen LogP contribution in [0.2, 0.25) is 0 Å². The maximum atomic E-state index is 5.14. The molecule has 0 bridgehead atoms. The lowest BCUT2D eigenvalue weighted by Crippen LogP contribution is -2.06. The van der Waals surface area contributed by atoms with E-state index in [1.807, 2.05) is 0 Å². The van der Waals surface area contributed by atoms with E-state index in [0.29, 0.717) is 0 Å². The molecule has 2 heteroatoms. The predicted molar refractivity (Wildman–Crippen MR) is 216 cm³/mol. The third-order valence-electron chi connectivity index (χ3n) is 10.7. The molecule has 7 aromatic carbocycles. The molecule has 2 aliphatic rings. The first-order valence-electron chi connectivity index (χ1n) is 18.1. The number of benzene rings is 7. The van der Waals surface area contributed by atoms with Crippen LogP contribution < -0.4 is 0 Å². The Morgan fingerprint density at radius 2 is 1.16 bits per heavy atom. The second kappa shape index (κ2) is 12.3. The molecule has 10 rings (SSSR count). The summed E-state index contributed by atoms with van der Waals surface area (Å²) < 4.78 is 2.39. The zero-order chi connectivity index (χ0) is 33.7. The Morgan fingerprint density at radius 1 is 0.471 bits per heavy atom. The highest BCUT2D eigenvalue weighted by molar-refractivity contribution is 6.22. The summed E-state index contributed by atoms with van der Waals surface area (Å²) in [6, 6.07) is 51.5. The molecule has 2 nitrogen and oxygen atoms in total. The Morgan fingerprint density at radius 3 is 1.96 bits per heavy atom. The molecular formula is C49H36N2. The van der Waals surface area contributed by atoms with Gasteiger partial charge in [-0.25, -0.2) is 4.98 Å². The summed E-state index contributed by atoms with van der Waals surface area (Å²) in [6.07, 6.45) is 15.5. The number of imidazole rings is 1. The molecule has 0 saturated heterocycles. The Hall–Kier alpha value is -6.25. The van der Waals surface area contributed by atoms with Gasteiger partial charge in [-0.2, -0.15) is 0 Å². The number of aromatic nitrogens is 2. The lowest BCUT2D eigenvalue weighted by molar-refractivity contribution is 0.866. The topological polar surface area (TPSA) is 17.8 Å². The SMILES string of the molecule is C1=CC(c2nc3c(n2-c2ccc(-c4ccc5c(-c6ccc7ccccc7c6)c6ccccc6c(-c6ccccc6)c5c4)cc2)CCC=C3)=CCC1. The van der Waals surface area contributed by atoms with Crippen LogP contribution in [0.5, 0.6) is 0 Å². The summed E-state index contributed by atoms with van der Waals surface area (Å²) in [5.74, 6) is 1.04. The summed E-state index contributed by atoms with van der Waals surface area (Å²) in [5.41, 5.74) is 12.2. The molecule has 0 radical (unpaired) electrons. The molecule has 2 aliphatic carbocycles. The molecule has 0 amide bonds. The van der Waals surface area contributed by atoms with Crippen molar-refractivity contribution in [2.45, 2.75) is 25.7 Å². The molecule has 0 aliphatic heterocycles. The van der Waals surface area contributed by atoms with Crippen LogP contribution in [-0.2, 0) is 6.42 Å². The van der Waals surface area contributed by atoms with Crippen LogP contribution in [0, 0.1) is 0 Å². The molecule has 0 unspecified atom stereocenters. The Bertz CT molecular complexity index is 2720. The number of hydrogen-bond acceptors (Lipinski definition) is 1. The summed E-state index contributed by atoms with van der Waals surface area (Å²) in [4.78, 5) is 5.14. The monoisotopic (exact) mass is 652 g/mol. The minimum absolute atomic E-state index is 0.998. The molecule has 51 heavy (non-hydrogen) atoms. The van der Waals surface area contributed by atoms with Crippen molar-refractivity contribution in [3.63, 3.8) is 0 Å². The molecule has 0 saturated carbocycles. The first-order valence-corrected chi connectivity index (χ1v) is 18.1. The van der Waals surface area contributed by atoms with E-state index in [2.05, 4.69) is 174 Å². The average molecular weight is 653 g/mol. The Balaban J connectivity index is 1.16. The van der Waals surface area contributed by atoms with Gasteiger partial charge in [0.25, 0.3) is 0 Å². The van der Waals surface area contributed by atoms with Gasteiger partial charge in [0.2, 0.25) is 0 Å². The van der Waals surface area contributed by atoms with Crippen LogP contribution in [0.15, 0.2) is 164 Å². The van der Waals surface area contributed by atoms with Crippen LogP contribution in [0.1, 0.15) is 36.5 Å². The van der Waals surface area contributed by atoms with Gasteiger partial charge in [0.1, 0.15) is 5.82 Å². The standard InChI is InChI=1S/C49H36N2/c1-3-14-35(15-4-1)47-41-19-9-10-20-42(41)48(39-24-23-33-13-7-8-18-37(33)31-39)43-30-27-38(32-44(43)47)34-25-28-40(29-26-34)51-46-22-12-11-21-45(46)50-49(51)36-16-5-2-6-17-36/h1,3-5,7-11,13-21,23-32H,2,6,12,22H2. The number of hydrogen-bond donors (Lipinski definition) is 0. The lowest BCUT2D eigenvalue weighted by atomic mass is 9.84. The summed E-state index contributed by atoms with van der Waals surface area (Å²) in [7, 11) is 0. The highest BCUT2D eigenvalue weighted by Gasteiger charge is 2.22. The van der Waals surface area contributed by atoms with E-state index in [0.717, 1.165) is 42.9 Å². The number of rotatable bonds is 5. The average Bonchev–Trinajstić information content (AvgIpc) is 3.60. The minimum Gasteiger partial charge on any atom is -0.296 e. The van der Waals surface area contributed by atoms with Gasteiger partial charge in [0.15, 0.2) is 0 Å². The van der Waals surface area contributed by atoms with E-state index in [9.17, 15) is 0 Å². The van der Waals surface area contributed by atoms with E-state index >= 15 is 0 Å². The minimum atomic E-state index is 0.998. The van der Waals surface area contributed by atoms with Crippen LogP contribution in [-0.4, -0.2) is 9.55 Å². The van der Waals surface area contributed by atoms with Gasteiger partial charge in [-0.15, -0.1) is 0 Å². The second-order valence-corrected chi connectivity index (χ2v) is 13.7. The van der Waals surface area contributed by atoms with Gasteiger partial charge in [0.05, 0.1) is 11.4 Å². The summed E-state index contributed by atoms with van der Waals surface area (Å²) >= 11 is 0. The Labute approximate surface area is 298 Å². The Kier molecular flexibility index (Phi) is 7.13. The highest BCUT2D eigenvalue weighted by Crippen LogP contribution is 2.45. The highest BCUT2D eigenvalue weighted by atomic mass is 15.1. The lowest BCUT2D eigenvalue weighted by Gasteiger charge is -2.19. The van der Waals surface area contributed by atoms with Crippen molar-refractivity contribution in [2.75, 3.05) is 0 Å². The number of nitrogens with zero attached hydrogens (tertiary/aromatic N) is 2. The van der Waals surface area contributed by atoms with Gasteiger partial charge in [0, 0.05) is 11.3 Å². The molecule has 0 atom stereocenters. The third-order valence-corrected chi connectivity index (χ3v) is 10.7. The smallest absolute Gasteiger partial charge is 0.145 e.